The zero-order valence-electron chi connectivity index (χ0n) is 14.5. The number of hydrogen-bond donors (Lipinski definition) is 0. The summed E-state index contributed by atoms with van der Waals surface area (Å²) >= 11 is 12.4. The number of aryl methyl sites for hydroxylation is 1. The van der Waals surface area contributed by atoms with Gasteiger partial charge in [0.15, 0.2) is 6.29 Å². The van der Waals surface area contributed by atoms with Gasteiger partial charge in [-0.25, -0.2) is 0 Å². The number of rotatable bonds is 7. The fourth-order valence-corrected chi connectivity index (χ4v) is 3.12. The molecule has 24 heavy (non-hydrogen) atoms. The van der Waals surface area contributed by atoms with Crippen LogP contribution < -0.4 is 0 Å². The summed E-state index contributed by atoms with van der Waals surface area (Å²) in [4.78, 5) is 4.47. The van der Waals surface area contributed by atoms with Crippen molar-refractivity contribution < 1.29 is 9.47 Å². The van der Waals surface area contributed by atoms with E-state index in [0.717, 1.165) is 34.7 Å². The molecule has 0 radical (unpaired) electrons. The average molecular weight is 368 g/mol. The standard InChI is InChI=1S/C19H23Cl2NO2/c1-5-13(14-6-7-17(20)12(2)8-14)9-15-10-16(18(21)11-22-15)19(23-3)24-4/h6-8,10-11,13,19H,5,9H2,1-4H3/t13-/m0/s1. The SMILES string of the molecule is CC[C@@H](Cc1cc(C(OC)OC)c(Cl)cn1)c1ccc(Cl)c(C)c1. The third kappa shape index (κ3) is 4.48. The van der Waals surface area contributed by atoms with Crippen LogP contribution in [0.3, 0.4) is 0 Å². The molecule has 2 rings (SSSR count). The van der Waals surface area contributed by atoms with Crippen LogP contribution in [0.4, 0.5) is 0 Å². The first kappa shape index (κ1) is 19.2. The molecule has 0 amide bonds. The normalized spacial score (nSPS) is 12.6. The van der Waals surface area contributed by atoms with Gasteiger partial charge in [0.1, 0.15) is 0 Å². The van der Waals surface area contributed by atoms with E-state index in [-0.39, 0.29) is 0 Å². The lowest BCUT2D eigenvalue weighted by molar-refractivity contribution is -0.106. The Balaban J connectivity index is 2.27. The third-order valence-corrected chi connectivity index (χ3v) is 4.97. The van der Waals surface area contributed by atoms with Crippen molar-refractivity contribution >= 4 is 23.2 Å². The third-order valence-electron chi connectivity index (χ3n) is 4.23. The summed E-state index contributed by atoms with van der Waals surface area (Å²) in [6, 6.07) is 8.17. The van der Waals surface area contributed by atoms with Crippen LogP contribution in [0.15, 0.2) is 30.5 Å². The molecule has 5 heteroatoms. The summed E-state index contributed by atoms with van der Waals surface area (Å²) < 4.78 is 10.6. The number of nitrogens with zero attached hydrogens (tertiary/aromatic N) is 1. The minimum atomic E-state index is -0.489. The molecule has 130 valence electrons. The molecule has 2 aromatic rings. The molecular formula is C19H23Cl2NO2. The van der Waals surface area contributed by atoms with Gasteiger partial charge in [0, 0.05) is 36.7 Å². The molecule has 1 aromatic carbocycles. The lowest BCUT2D eigenvalue weighted by atomic mass is 9.90. The first-order valence-electron chi connectivity index (χ1n) is 7.96. The Labute approximate surface area is 153 Å². The molecule has 0 fully saturated rings. The summed E-state index contributed by atoms with van der Waals surface area (Å²) in [7, 11) is 3.19. The molecule has 0 unspecified atom stereocenters. The first-order chi connectivity index (χ1) is 11.5. The molecular weight excluding hydrogens is 345 g/mol. The molecule has 0 aliphatic carbocycles. The second kappa shape index (κ2) is 8.82. The predicted molar refractivity (Wildman–Crippen MR) is 98.9 cm³/mol. The highest BCUT2D eigenvalue weighted by molar-refractivity contribution is 6.31. The van der Waals surface area contributed by atoms with Crippen molar-refractivity contribution in [1.82, 2.24) is 4.98 Å². The number of methoxy groups -OCH3 is 2. The number of ether oxygens (including phenoxy) is 2. The molecule has 0 spiro atoms. The van der Waals surface area contributed by atoms with Crippen molar-refractivity contribution in [2.75, 3.05) is 14.2 Å². The predicted octanol–water partition coefficient (Wildman–Crippen LogP) is 5.72. The van der Waals surface area contributed by atoms with Gasteiger partial charge in [0.2, 0.25) is 0 Å². The van der Waals surface area contributed by atoms with E-state index in [9.17, 15) is 0 Å². The highest BCUT2D eigenvalue weighted by Crippen LogP contribution is 2.30. The van der Waals surface area contributed by atoms with E-state index < -0.39 is 6.29 Å². The number of aromatic nitrogens is 1. The van der Waals surface area contributed by atoms with Crippen molar-refractivity contribution in [3.63, 3.8) is 0 Å². The van der Waals surface area contributed by atoms with Crippen LogP contribution in [-0.2, 0) is 15.9 Å². The fourth-order valence-electron chi connectivity index (χ4n) is 2.81. The maximum atomic E-state index is 6.24. The van der Waals surface area contributed by atoms with Gasteiger partial charge in [-0.1, -0.05) is 42.3 Å². The van der Waals surface area contributed by atoms with Gasteiger partial charge in [0.05, 0.1) is 5.02 Å². The Morgan fingerprint density at radius 1 is 1.08 bits per heavy atom. The van der Waals surface area contributed by atoms with E-state index in [1.807, 2.05) is 19.1 Å². The highest BCUT2D eigenvalue weighted by atomic mass is 35.5. The minimum Gasteiger partial charge on any atom is -0.352 e. The Morgan fingerprint density at radius 2 is 1.79 bits per heavy atom. The van der Waals surface area contributed by atoms with Gasteiger partial charge in [-0.3, -0.25) is 4.98 Å². The van der Waals surface area contributed by atoms with Gasteiger partial charge in [-0.15, -0.1) is 0 Å². The van der Waals surface area contributed by atoms with Crippen molar-refractivity contribution in [2.45, 2.75) is 38.9 Å². The Bertz CT molecular complexity index is 687. The van der Waals surface area contributed by atoms with E-state index in [1.165, 1.54) is 5.56 Å². The monoisotopic (exact) mass is 367 g/mol. The van der Waals surface area contributed by atoms with E-state index in [2.05, 4.69) is 24.0 Å². The van der Waals surface area contributed by atoms with Gasteiger partial charge in [0.25, 0.3) is 0 Å². The molecule has 1 heterocycles. The summed E-state index contributed by atoms with van der Waals surface area (Å²) in [5.41, 5.74) is 4.13. The van der Waals surface area contributed by atoms with Crippen LogP contribution >= 0.6 is 23.2 Å². The highest BCUT2D eigenvalue weighted by Gasteiger charge is 2.17. The van der Waals surface area contributed by atoms with Crippen LogP contribution in [-0.4, -0.2) is 19.2 Å². The molecule has 0 bridgehead atoms. The maximum absolute atomic E-state index is 6.24. The summed E-state index contributed by atoms with van der Waals surface area (Å²) in [6.07, 6.45) is 3.01. The van der Waals surface area contributed by atoms with Crippen molar-refractivity contribution in [3.05, 3.63) is 62.9 Å². The number of halogens is 2. The second-order valence-corrected chi connectivity index (χ2v) is 6.63. The molecule has 1 aromatic heterocycles. The molecule has 0 N–H and O–H groups in total. The molecule has 0 aliphatic heterocycles. The van der Waals surface area contributed by atoms with Crippen LogP contribution in [0.2, 0.25) is 10.0 Å². The Hall–Kier alpha value is -1.13. The minimum absolute atomic E-state index is 0.367. The van der Waals surface area contributed by atoms with Gasteiger partial charge < -0.3 is 9.47 Å². The van der Waals surface area contributed by atoms with Crippen LogP contribution in [0, 0.1) is 6.92 Å². The van der Waals surface area contributed by atoms with Crippen molar-refractivity contribution in [3.8, 4) is 0 Å². The Morgan fingerprint density at radius 3 is 2.38 bits per heavy atom. The summed E-state index contributed by atoms with van der Waals surface area (Å²) in [6.45, 7) is 4.21. The lowest BCUT2D eigenvalue weighted by Gasteiger charge is -2.19. The lowest BCUT2D eigenvalue weighted by Crippen LogP contribution is -2.08. The van der Waals surface area contributed by atoms with E-state index in [4.69, 9.17) is 32.7 Å². The summed E-state index contributed by atoms with van der Waals surface area (Å²) in [5, 5.41) is 1.34. The zero-order valence-corrected chi connectivity index (χ0v) is 16.0. The number of hydrogen-bond acceptors (Lipinski definition) is 3. The van der Waals surface area contributed by atoms with Crippen LogP contribution in [0.5, 0.6) is 0 Å². The largest absolute Gasteiger partial charge is 0.352 e. The topological polar surface area (TPSA) is 31.4 Å². The molecule has 0 aliphatic rings. The molecule has 3 nitrogen and oxygen atoms in total. The van der Waals surface area contributed by atoms with Crippen molar-refractivity contribution in [1.29, 1.82) is 0 Å². The number of pyridine rings is 1. The Kier molecular flexibility index (Phi) is 7.05. The van der Waals surface area contributed by atoms with Crippen molar-refractivity contribution in [2.24, 2.45) is 0 Å². The van der Waals surface area contributed by atoms with E-state index in [1.54, 1.807) is 20.4 Å². The average Bonchev–Trinajstić information content (AvgIpc) is 2.58. The van der Waals surface area contributed by atoms with Gasteiger partial charge in [-0.2, -0.15) is 0 Å². The second-order valence-electron chi connectivity index (χ2n) is 5.82. The number of benzene rings is 1. The van der Waals surface area contributed by atoms with Crippen LogP contribution in [0.25, 0.3) is 0 Å². The van der Waals surface area contributed by atoms with E-state index in [0.29, 0.717) is 10.9 Å². The molecule has 0 saturated carbocycles. The van der Waals surface area contributed by atoms with Gasteiger partial charge >= 0.3 is 0 Å². The smallest absolute Gasteiger partial charge is 0.184 e. The first-order valence-corrected chi connectivity index (χ1v) is 8.71. The maximum Gasteiger partial charge on any atom is 0.184 e. The summed E-state index contributed by atoms with van der Waals surface area (Å²) in [5.74, 6) is 0.367. The quantitative estimate of drug-likeness (QED) is 0.586. The van der Waals surface area contributed by atoms with Gasteiger partial charge in [-0.05, 0) is 48.9 Å². The van der Waals surface area contributed by atoms with E-state index >= 15 is 0 Å². The fraction of sp³-hybridized carbons (Fsp3) is 0.421. The van der Waals surface area contributed by atoms with Crippen LogP contribution in [0.1, 0.15) is 47.9 Å². The molecule has 1 atom stereocenters. The molecule has 0 saturated heterocycles. The zero-order chi connectivity index (χ0) is 17.7.